The fourth-order valence-corrected chi connectivity index (χ4v) is 3.24. The van der Waals surface area contributed by atoms with Crippen LogP contribution in [-0.2, 0) is 0 Å². The summed E-state index contributed by atoms with van der Waals surface area (Å²) in [6.45, 7) is 3.25. The first-order valence-electron chi connectivity index (χ1n) is 4.91. The minimum Gasteiger partial charge on any atom is -0.292 e. The van der Waals surface area contributed by atoms with Gasteiger partial charge in [-0.3, -0.25) is 4.99 Å². The molecule has 1 aromatic rings. The fourth-order valence-electron chi connectivity index (χ4n) is 1.13. The molecule has 72 valence electrons. The molecule has 1 aromatic heterocycles. The molecule has 1 unspecified atom stereocenters. The van der Waals surface area contributed by atoms with Crippen LogP contribution in [0, 0.1) is 0 Å². The number of rotatable bonds is 6. The number of unbranched alkanes of at least 4 members (excludes halogenated alkanes) is 3. The van der Waals surface area contributed by atoms with Crippen molar-refractivity contribution in [1.29, 1.82) is 0 Å². The van der Waals surface area contributed by atoms with Crippen LogP contribution in [0.3, 0.4) is 0 Å². The predicted octanol–water partition coefficient (Wildman–Crippen LogP) is 4.30. The standard InChI is InChI=1S/C10H17NP2/c1-2-3-4-5-6-11-7-10-8-12-9-13-10/h7-9,13H,2-6H2,1H3/b11-7+. The predicted molar refractivity (Wildman–Crippen MR) is 65.1 cm³/mol. The van der Waals surface area contributed by atoms with Gasteiger partial charge in [-0.05, 0) is 17.7 Å². The molecular weight excluding hydrogens is 196 g/mol. The van der Waals surface area contributed by atoms with E-state index in [4.69, 9.17) is 0 Å². The third kappa shape index (κ3) is 5.24. The highest BCUT2D eigenvalue weighted by Gasteiger charge is 1.86. The molecule has 0 bridgehead atoms. The van der Waals surface area contributed by atoms with Gasteiger partial charge in [0.2, 0.25) is 0 Å². The van der Waals surface area contributed by atoms with Gasteiger partial charge in [-0.25, -0.2) is 0 Å². The smallest absolute Gasteiger partial charge is 0.0389 e. The summed E-state index contributed by atoms with van der Waals surface area (Å²) < 4.78 is 0. The lowest BCUT2D eigenvalue weighted by Crippen LogP contribution is -1.82. The Balaban J connectivity index is 2.05. The van der Waals surface area contributed by atoms with Gasteiger partial charge < -0.3 is 0 Å². The molecule has 1 atom stereocenters. The highest BCUT2D eigenvalue weighted by Crippen LogP contribution is 2.20. The van der Waals surface area contributed by atoms with Crippen LogP contribution < -0.4 is 0 Å². The first-order valence-corrected chi connectivity index (χ1v) is 7.02. The normalized spacial score (nSPS) is 12.4. The van der Waals surface area contributed by atoms with Gasteiger partial charge in [0.05, 0.1) is 0 Å². The minimum absolute atomic E-state index is 0.886. The van der Waals surface area contributed by atoms with Crippen molar-refractivity contribution < 1.29 is 0 Å². The van der Waals surface area contributed by atoms with Crippen molar-refractivity contribution in [3.8, 4) is 0 Å². The van der Waals surface area contributed by atoms with E-state index in [0.29, 0.717) is 0 Å². The quantitative estimate of drug-likeness (QED) is 0.493. The summed E-state index contributed by atoms with van der Waals surface area (Å²) in [7, 11) is 2.25. The molecule has 1 heterocycles. The van der Waals surface area contributed by atoms with Crippen molar-refractivity contribution in [3.05, 3.63) is 16.6 Å². The Labute approximate surface area is 83.9 Å². The molecule has 1 rings (SSSR count). The van der Waals surface area contributed by atoms with Crippen LogP contribution in [0.15, 0.2) is 16.3 Å². The van der Waals surface area contributed by atoms with E-state index in [9.17, 15) is 0 Å². The summed E-state index contributed by atoms with van der Waals surface area (Å²) in [5, 5.41) is 1.41. The van der Waals surface area contributed by atoms with Crippen molar-refractivity contribution in [1.82, 2.24) is 0 Å². The summed E-state index contributed by atoms with van der Waals surface area (Å²) in [5.41, 5.74) is 2.29. The molecule has 0 saturated heterocycles. The maximum absolute atomic E-state index is 4.41. The number of aliphatic imine (C=N–C) groups is 1. The SMILES string of the molecule is CCCCCC/N=C/c1cpc[pH]1. The molecule has 0 amide bonds. The molecule has 0 aliphatic carbocycles. The zero-order chi connectivity index (χ0) is 9.36. The summed E-state index contributed by atoms with van der Waals surface area (Å²) in [4.78, 5) is 4.41. The zero-order valence-corrected chi connectivity index (χ0v) is 10.1. The highest BCUT2D eigenvalue weighted by molar-refractivity contribution is 7.47. The van der Waals surface area contributed by atoms with Gasteiger partial charge in [-0.2, -0.15) is 0 Å². The molecule has 0 aliphatic heterocycles. The lowest BCUT2D eigenvalue weighted by atomic mass is 10.2. The maximum Gasteiger partial charge on any atom is 0.0389 e. The number of nitrogens with zero attached hydrogens (tertiary/aromatic N) is 1. The van der Waals surface area contributed by atoms with E-state index < -0.39 is 0 Å². The summed E-state index contributed by atoms with van der Waals surface area (Å²) in [6.07, 6.45) is 7.30. The Kier molecular flexibility index (Phi) is 6.15. The van der Waals surface area contributed by atoms with Gasteiger partial charge >= 0.3 is 0 Å². The second-order valence-electron chi connectivity index (χ2n) is 3.10. The van der Waals surface area contributed by atoms with Gasteiger partial charge in [0.15, 0.2) is 0 Å². The number of hydrogen-bond acceptors (Lipinski definition) is 1. The van der Waals surface area contributed by atoms with E-state index in [1.165, 1.54) is 39.2 Å². The Morgan fingerprint density at radius 2 is 2.38 bits per heavy atom. The lowest BCUT2D eigenvalue weighted by Gasteiger charge is -1.93. The first-order chi connectivity index (χ1) is 6.43. The largest absolute Gasteiger partial charge is 0.292 e. The topological polar surface area (TPSA) is 12.4 Å². The molecule has 0 radical (unpaired) electrons. The maximum atomic E-state index is 4.41. The third-order valence-corrected chi connectivity index (χ3v) is 4.28. The van der Waals surface area contributed by atoms with Gasteiger partial charge in [0, 0.05) is 18.1 Å². The van der Waals surface area contributed by atoms with Gasteiger partial charge in [-0.15, -0.1) is 8.19 Å². The second kappa shape index (κ2) is 7.30. The summed E-state index contributed by atoms with van der Waals surface area (Å²) >= 11 is 0. The molecule has 0 spiro atoms. The monoisotopic (exact) mass is 213 g/mol. The van der Waals surface area contributed by atoms with Crippen LogP contribution in [0.1, 0.15) is 37.9 Å². The Morgan fingerprint density at radius 1 is 1.46 bits per heavy atom. The van der Waals surface area contributed by atoms with Gasteiger partial charge in [0.1, 0.15) is 0 Å². The molecule has 0 aromatic carbocycles. The van der Waals surface area contributed by atoms with E-state index >= 15 is 0 Å². The van der Waals surface area contributed by atoms with Crippen LogP contribution in [0.25, 0.3) is 0 Å². The average molecular weight is 213 g/mol. The van der Waals surface area contributed by atoms with E-state index in [1.807, 2.05) is 0 Å². The Bertz CT molecular complexity index is 229. The fraction of sp³-hybridized carbons (Fsp3) is 0.600. The molecule has 0 saturated carbocycles. The average Bonchev–Trinajstić information content (AvgIpc) is 2.63. The third-order valence-electron chi connectivity index (χ3n) is 1.89. The molecule has 0 aliphatic rings. The van der Waals surface area contributed by atoms with Gasteiger partial charge in [0.25, 0.3) is 0 Å². The molecule has 1 nitrogen and oxygen atoms in total. The van der Waals surface area contributed by atoms with E-state index in [2.05, 4.69) is 29.5 Å². The zero-order valence-electron chi connectivity index (χ0n) is 8.16. The Morgan fingerprint density at radius 3 is 3.08 bits per heavy atom. The van der Waals surface area contributed by atoms with E-state index in [0.717, 1.165) is 14.7 Å². The molecule has 0 N–H and O–H groups in total. The molecule has 0 fully saturated rings. The van der Waals surface area contributed by atoms with E-state index in [-0.39, 0.29) is 0 Å². The summed E-state index contributed by atoms with van der Waals surface area (Å²) in [5.74, 6) is 2.24. The lowest BCUT2D eigenvalue weighted by molar-refractivity contribution is 0.676. The van der Waals surface area contributed by atoms with Crippen molar-refractivity contribution in [3.63, 3.8) is 0 Å². The van der Waals surface area contributed by atoms with Crippen LogP contribution in [0.4, 0.5) is 0 Å². The molecular formula is C10H17NP2. The minimum atomic E-state index is 0.886. The summed E-state index contributed by atoms with van der Waals surface area (Å²) in [6, 6.07) is 0. The van der Waals surface area contributed by atoms with Crippen LogP contribution in [-0.4, -0.2) is 12.8 Å². The van der Waals surface area contributed by atoms with Gasteiger partial charge in [-0.1, -0.05) is 34.4 Å². The van der Waals surface area contributed by atoms with Crippen molar-refractivity contribution in [2.75, 3.05) is 6.54 Å². The van der Waals surface area contributed by atoms with Crippen molar-refractivity contribution in [2.24, 2.45) is 4.99 Å². The van der Waals surface area contributed by atoms with E-state index in [1.54, 1.807) is 0 Å². The van der Waals surface area contributed by atoms with Crippen LogP contribution in [0.2, 0.25) is 0 Å². The number of hydrogen-bond donors (Lipinski definition) is 0. The van der Waals surface area contributed by atoms with Crippen LogP contribution >= 0.6 is 16.4 Å². The first kappa shape index (κ1) is 11.0. The van der Waals surface area contributed by atoms with Crippen molar-refractivity contribution in [2.45, 2.75) is 32.6 Å². The van der Waals surface area contributed by atoms with Crippen molar-refractivity contribution >= 4 is 22.6 Å². The molecule has 3 heteroatoms. The second-order valence-corrected chi connectivity index (χ2v) is 5.56. The molecule has 13 heavy (non-hydrogen) atoms. The highest BCUT2D eigenvalue weighted by atomic mass is 31.1. The Hall–Kier alpha value is -0.120. The van der Waals surface area contributed by atoms with Crippen LogP contribution in [0.5, 0.6) is 0 Å².